The predicted octanol–water partition coefficient (Wildman–Crippen LogP) is 4.53. The molecule has 1 aromatic heterocycles. The molecule has 7 heteroatoms. The second kappa shape index (κ2) is 10.4. The van der Waals surface area contributed by atoms with Crippen molar-refractivity contribution in [3.05, 3.63) is 78.4 Å². The molecule has 0 aliphatic heterocycles. The lowest BCUT2D eigenvalue weighted by Crippen LogP contribution is -2.12. The van der Waals surface area contributed by atoms with Crippen LogP contribution in [0.4, 0.5) is 23.5 Å². The number of nitrogens with one attached hydrogen (secondary N) is 3. The van der Waals surface area contributed by atoms with E-state index < -0.39 is 0 Å². The minimum atomic E-state index is 0.489. The van der Waals surface area contributed by atoms with E-state index in [1.807, 2.05) is 42.5 Å². The quantitative estimate of drug-likeness (QED) is 0.283. The fourth-order valence-electron chi connectivity index (χ4n) is 3.29. The Hall–Kier alpha value is -3.71. The van der Waals surface area contributed by atoms with Crippen molar-refractivity contribution in [2.45, 2.75) is 19.4 Å². The molecule has 4 aromatic rings. The molecule has 158 valence electrons. The minimum absolute atomic E-state index is 0.489. The zero-order valence-corrected chi connectivity index (χ0v) is 17.4. The third-order valence-corrected chi connectivity index (χ3v) is 4.88. The first-order chi connectivity index (χ1) is 15.3. The molecule has 4 rings (SSSR count). The molecule has 0 unspecified atom stereocenters. The average molecular weight is 414 g/mol. The number of nitrogens with zero attached hydrogens (tertiary/aromatic N) is 3. The molecule has 0 aliphatic carbocycles. The second-order valence-corrected chi connectivity index (χ2v) is 7.22. The fourth-order valence-corrected chi connectivity index (χ4v) is 3.29. The Labute approximate surface area is 182 Å². The monoisotopic (exact) mass is 413 g/mol. The molecule has 0 atom stereocenters. The minimum Gasteiger partial charge on any atom is -0.354 e. The third-order valence-electron chi connectivity index (χ3n) is 4.88. The van der Waals surface area contributed by atoms with Gasteiger partial charge in [0.1, 0.15) is 0 Å². The Balaban J connectivity index is 1.57. The number of hydrogen-bond donors (Lipinski definition) is 4. The lowest BCUT2D eigenvalue weighted by atomic mass is 10.1. The summed E-state index contributed by atoms with van der Waals surface area (Å²) >= 11 is 0. The fraction of sp³-hybridized carbons (Fsp3) is 0.208. The van der Waals surface area contributed by atoms with E-state index >= 15 is 0 Å². The van der Waals surface area contributed by atoms with Gasteiger partial charge in [0.15, 0.2) is 0 Å². The Morgan fingerprint density at radius 3 is 2.23 bits per heavy atom. The first-order valence-corrected chi connectivity index (χ1v) is 10.5. The van der Waals surface area contributed by atoms with Gasteiger partial charge in [-0.3, -0.25) is 0 Å². The Morgan fingerprint density at radius 1 is 0.677 bits per heavy atom. The molecule has 0 bridgehead atoms. The van der Waals surface area contributed by atoms with Gasteiger partial charge < -0.3 is 21.7 Å². The van der Waals surface area contributed by atoms with E-state index in [1.54, 1.807) is 0 Å². The van der Waals surface area contributed by atoms with Gasteiger partial charge >= 0.3 is 0 Å². The maximum atomic E-state index is 5.59. The van der Waals surface area contributed by atoms with Crippen molar-refractivity contribution in [1.29, 1.82) is 0 Å². The van der Waals surface area contributed by atoms with Crippen LogP contribution in [-0.2, 0) is 6.54 Å². The van der Waals surface area contributed by atoms with Crippen LogP contribution in [0.15, 0.2) is 72.8 Å². The first-order valence-electron chi connectivity index (χ1n) is 10.5. The van der Waals surface area contributed by atoms with Crippen molar-refractivity contribution in [3.8, 4) is 0 Å². The van der Waals surface area contributed by atoms with Gasteiger partial charge in [-0.25, -0.2) is 0 Å². The molecule has 0 aliphatic rings. The van der Waals surface area contributed by atoms with E-state index in [-0.39, 0.29) is 0 Å². The Morgan fingerprint density at radius 2 is 1.39 bits per heavy atom. The standard InChI is InChI=1S/C24H27N7/c25-15-6-7-16-26-22-29-23(27-17-18-9-2-1-3-10-18)31-24(30-22)28-21-14-8-12-19-11-4-5-13-20(19)21/h1-5,8-14H,6-7,15-17,25H2,(H3,26,27,28,29,30,31). The normalized spacial score (nSPS) is 10.7. The molecule has 5 N–H and O–H groups in total. The van der Waals surface area contributed by atoms with Crippen LogP contribution in [0.5, 0.6) is 0 Å². The van der Waals surface area contributed by atoms with Gasteiger partial charge in [-0.15, -0.1) is 0 Å². The second-order valence-electron chi connectivity index (χ2n) is 7.22. The van der Waals surface area contributed by atoms with E-state index in [1.165, 1.54) is 0 Å². The third kappa shape index (κ3) is 5.67. The molecule has 3 aromatic carbocycles. The maximum Gasteiger partial charge on any atom is 0.233 e. The van der Waals surface area contributed by atoms with Crippen molar-refractivity contribution in [1.82, 2.24) is 15.0 Å². The van der Waals surface area contributed by atoms with Crippen LogP contribution >= 0.6 is 0 Å². The molecule has 1 heterocycles. The number of hydrogen-bond acceptors (Lipinski definition) is 7. The molecular weight excluding hydrogens is 386 g/mol. The van der Waals surface area contributed by atoms with Gasteiger partial charge in [0.2, 0.25) is 17.8 Å². The highest BCUT2D eigenvalue weighted by atomic mass is 15.3. The molecule has 0 spiro atoms. The highest BCUT2D eigenvalue weighted by Gasteiger charge is 2.09. The van der Waals surface area contributed by atoms with Gasteiger partial charge in [-0.2, -0.15) is 15.0 Å². The van der Waals surface area contributed by atoms with E-state index in [4.69, 9.17) is 5.73 Å². The molecule has 0 amide bonds. The number of anilines is 4. The number of nitrogens with two attached hydrogens (primary N) is 1. The van der Waals surface area contributed by atoms with E-state index in [0.717, 1.165) is 41.4 Å². The van der Waals surface area contributed by atoms with Crippen molar-refractivity contribution in [3.63, 3.8) is 0 Å². The largest absolute Gasteiger partial charge is 0.354 e. The zero-order valence-electron chi connectivity index (χ0n) is 17.4. The van der Waals surface area contributed by atoms with Crippen molar-refractivity contribution in [2.75, 3.05) is 29.0 Å². The van der Waals surface area contributed by atoms with E-state index in [9.17, 15) is 0 Å². The first kappa shape index (κ1) is 20.6. The number of rotatable bonds is 10. The topological polar surface area (TPSA) is 101 Å². The summed E-state index contributed by atoms with van der Waals surface area (Å²) in [7, 11) is 0. The van der Waals surface area contributed by atoms with Crippen LogP contribution in [-0.4, -0.2) is 28.0 Å². The van der Waals surface area contributed by atoms with Crippen LogP contribution in [0, 0.1) is 0 Å². The van der Waals surface area contributed by atoms with Crippen LogP contribution in [0.25, 0.3) is 10.8 Å². The maximum absolute atomic E-state index is 5.59. The van der Waals surface area contributed by atoms with Crippen molar-refractivity contribution >= 4 is 34.3 Å². The number of unbranched alkanes of at least 4 members (excludes halogenated alkanes) is 1. The Bertz CT molecular complexity index is 1110. The summed E-state index contributed by atoms with van der Waals surface area (Å²) in [6, 6.07) is 24.5. The zero-order chi connectivity index (χ0) is 21.3. The summed E-state index contributed by atoms with van der Waals surface area (Å²) < 4.78 is 0. The molecular formula is C24H27N7. The summed E-state index contributed by atoms with van der Waals surface area (Å²) in [6.45, 7) is 2.06. The van der Waals surface area contributed by atoms with Gasteiger partial charge in [-0.1, -0.05) is 66.7 Å². The number of aromatic nitrogens is 3. The summed E-state index contributed by atoms with van der Waals surface area (Å²) in [5.41, 5.74) is 7.70. The van der Waals surface area contributed by atoms with Crippen LogP contribution < -0.4 is 21.7 Å². The van der Waals surface area contributed by atoms with Gasteiger partial charge in [0.25, 0.3) is 0 Å². The molecule has 7 nitrogen and oxygen atoms in total. The molecule has 0 fully saturated rings. The molecule has 0 saturated heterocycles. The highest BCUT2D eigenvalue weighted by Crippen LogP contribution is 2.25. The lowest BCUT2D eigenvalue weighted by molar-refractivity contribution is 0.769. The summed E-state index contributed by atoms with van der Waals surface area (Å²) in [5, 5.41) is 12.2. The Kier molecular flexibility index (Phi) is 6.87. The molecule has 31 heavy (non-hydrogen) atoms. The van der Waals surface area contributed by atoms with Crippen LogP contribution in [0.1, 0.15) is 18.4 Å². The van der Waals surface area contributed by atoms with E-state index in [2.05, 4.69) is 61.2 Å². The van der Waals surface area contributed by atoms with Crippen LogP contribution in [0.3, 0.4) is 0 Å². The number of benzene rings is 3. The van der Waals surface area contributed by atoms with Gasteiger partial charge in [0.05, 0.1) is 0 Å². The predicted molar refractivity (Wildman–Crippen MR) is 128 cm³/mol. The SMILES string of the molecule is NCCCCNc1nc(NCc2ccccc2)nc(Nc2cccc3ccccc23)n1. The average Bonchev–Trinajstić information content (AvgIpc) is 2.81. The molecule has 0 saturated carbocycles. The number of fused-ring (bicyclic) bond motifs is 1. The smallest absolute Gasteiger partial charge is 0.233 e. The summed E-state index contributed by atoms with van der Waals surface area (Å²) in [4.78, 5) is 13.7. The molecule has 0 radical (unpaired) electrons. The van der Waals surface area contributed by atoms with Crippen molar-refractivity contribution < 1.29 is 0 Å². The van der Waals surface area contributed by atoms with Crippen molar-refractivity contribution in [2.24, 2.45) is 5.73 Å². The highest BCUT2D eigenvalue weighted by molar-refractivity contribution is 5.94. The van der Waals surface area contributed by atoms with Gasteiger partial charge in [0, 0.05) is 24.2 Å². The lowest BCUT2D eigenvalue weighted by Gasteiger charge is -2.12. The van der Waals surface area contributed by atoms with Crippen LogP contribution in [0.2, 0.25) is 0 Å². The summed E-state index contributed by atoms with van der Waals surface area (Å²) in [6.07, 6.45) is 1.92. The van der Waals surface area contributed by atoms with E-state index in [0.29, 0.717) is 30.9 Å². The van der Waals surface area contributed by atoms with Gasteiger partial charge in [-0.05, 0) is 36.4 Å². The summed E-state index contributed by atoms with van der Waals surface area (Å²) in [5.74, 6) is 1.54.